The van der Waals surface area contributed by atoms with Gasteiger partial charge in [-0.2, -0.15) is 0 Å². The van der Waals surface area contributed by atoms with Gasteiger partial charge in [-0.1, -0.05) is 37.1 Å². The van der Waals surface area contributed by atoms with Crippen molar-refractivity contribution in [2.24, 2.45) is 0 Å². The molecule has 0 fully saturated rings. The molecule has 0 aromatic heterocycles. The normalized spacial score (nSPS) is 20.2. The molecule has 0 bridgehead atoms. The summed E-state index contributed by atoms with van der Waals surface area (Å²) in [6.45, 7) is 4.69. The summed E-state index contributed by atoms with van der Waals surface area (Å²) in [6, 6.07) is 9.12. The molecule has 1 aliphatic rings. The van der Waals surface area contributed by atoms with E-state index in [0.29, 0.717) is 18.6 Å². The second-order valence-electron chi connectivity index (χ2n) is 6.75. The van der Waals surface area contributed by atoms with Gasteiger partial charge in [0.15, 0.2) is 0 Å². The second kappa shape index (κ2) is 10.3. The summed E-state index contributed by atoms with van der Waals surface area (Å²) in [7, 11) is 0. The Morgan fingerprint density at radius 1 is 1.04 bits per heavy atom. The van der Waals surface area contributed by atoms with E-state index in [1.165, 1.54) is 37.7 Å². The Morgan fingerprint density at radius 2 is 1.79 bits per heavy atom. The molecule has 24 heavy (non-hydrogen) atoms. The van der Waals surface area contributed by atoms with Gasteiger partial charge in [0.05, 0.1) is 18.3 Å². The van der Waals surface area contributed by atoms with Crippen LogP contribution >= 0.6 is 0 Å². The fourth-order valence-electron chi connectivity index (χ4n) is 3.05. The number of esters is 1. The molecular weight excluding hydrogens is 300 g/mol. The fraction of sp³-hybridized carbons (Fsp3) is 0.571. The minimum atomic E-state index is -0.266. The van der Waals surface area contributed by atoms with Crippen LogP contribution in [0.3, 0.4) is 0 Å². The monoisotopic (exact) mass is 330 g/mol. The first-order chi connectivity index (χ1) is 11.6. The highest BCUT2D eigenvalue weighted by molar-refractivity contribution is 5.89. The van der Waals surface area contributed by atoms with Crippen LogP contribution in [0.25, 0.3) is 0 Å². The molecule has 2 atom stereocenters. The molecule has 0 radical (unpaired) electrons. The number of ether oxygens (including phenoxy) is 2. The van der Waals surface area contributed by atoms with Crippen LogP contribution in [0.1, 0.15) is 69.2 Å². The molecule has 1 aromatic rings. The van der Waals surface area contributed by atoms with Crippen molar-refractivity contribution in [3.05, 3.63) is 47.5 Å². The van der Waals surface area contributed by atoms with Gasteiger partial charge in [0, 0.05) is 6.42 Å². The Labute approximate surface area is 146 Å². The van der Waals surface area contributed by atoms with Crippen LogP contribution in [0.2, 0.25) is 0 Å². The molecule has 2 rings (SSSR count). The van der Waals surface area contributed by atoms with Crippen LogP contribution < -0.4 is 0 Å². The minimum absolute atomic E-state index is 0.0786. The van der Waals surface area contributed by atoms with Crippen molar-refractivity contribution in [2.75, 3.05) is 6.61 Å². The van der Waals surface area contributed by atoms with Crippen molar-refractivity contribution in [3.63, 3.8) is 0 Å². The molecule has 3 nitrogen and oxygen atoms in total. The Morgan fingerprint density at radius 3 is 2.58 bits per heavy atom. The van der Waals surface area contributed by atoms with E-state index >= 15 is 0 Å². The van der Waals surface area contributed by atoms with E-state index in [2.05, 4.69) is 13.0 Å². The summed E-state index contributed by atoms with van der Waals surface area (Å²) in [5.41, 5.74) is 2.02. The lowest BCUT2D eigenvalue weighted by Crippen LogP contribution is -2.22. The first-order valence-corrected chi connectivity index (χ1v) is 9.20. The maximum atomic E-state index is 12.0. The van der Waals surface area contributed by atoms with Crippen LogP contribution in [0.15, 0.2) is 42.0 Å². The average Bonchev–Trinajstić information content (AvgIpc) is 2.54. The van der Waals surface area contributed by atoms with Crippen molar-refractivity contribution < 1.29 is 14.3 Å². The van der Waals surface area contributed by atoms with Gasteiger partial charge < -0.3 is 9.47 Å². The van der Waals surface area contributed by atoms with Crippen LogP contribution in [0, 0.1) is 0 Å². The molecule has 0 N–H and O–H groups in total. The second-order valence-corrected chi connectivity index (χ2v) is 6.75. The van der Waals surface area contributed by atoms with Crippen LogP contribution in [-0.4, -0.2) is 24.8 Å². The summed E-state index contributed by atoms with van der Waals surface area (Å²) in [4.78, 5) is 12.0. The standard InChI is InChI=1S/C21H30O3/c1-17(23-16-19-11-7-4-3-5-8-12-19)15-18(2)24-21(22)20-13-9-6-10-14-20/h6,9-11,13-14,17-18H,3-5,7-8,12,15-16H2,1-2H3/b19-11-/t17-,18-/m1/s1. The lowest BCUT2D eigenvalue weighted by molar-refractivity contribution is 0.00798. The van der Waals surface area contributed by atoms with Crippen LogP contribution in [-0.2, 0) is 9.47 Å². The zero-order chi connectivity index (χ0) is 17.2. The molecule has 0 heterocycles. The van der Waals surface area contributed by atoms with Crippen molar-refractivity contribution in [1.29, 1.82) is 0 Å². The molecule has 1 aromatic carbocycles. The topological polar surface area (TPSA) is 35.5 Å². The van der Waals surface area contributed by atoms with Gasteiger partial charge >= 0.3 is 5.97 Å². The number of hydrogen-bond acceptors (Lipinski definition) is 3. The van der Waals surface area contributed by atoms with E-state index < -0.39 is 0 Å². The quantitative estimate of drug-likeness (QED) is 0.502. The maximum absolute atomic E-state index is 12.0. The van der Waals surface area contributed by atoms with Crippen molar-refractivity contribution in [3.8, 4) is 0 Å². The maximum Gasteiger partial charge on any atom is 0.338 e. The van der Waals surface area contributed by atoms with E-state index in [0.717, 1.165) is 6.42 Å². The van der Waals surface area contributed by atoms with Crippen molar-refractivity contribution >= 4 is 5.97 Å². The first-order valence-electron chi connectivity index (χ1n) is 9.20. The molecule has 0 aliphatic heterocycles. The Bertz CT molecular complexity index is 521. The lowest BCUT2D eigenvalue weighted by atomic mass is 10.0. The first kappa shape index (κ1) is 18.7. The van der Waals surface area contributed by atoms with E-state index in [9.17, 15) is 4.79 Å². The molecule has 132 valence electrons. The van der Waals surface area contributed by atoms with Gasteiger partial charge in [-0.3, -0.25) is 0 Å². The molecule has 0 amide bonds. The SMILES string of the molecule is C[C@H](C[C@@H](C)OC(=O)c1ccccc1)OC/C1=C\CCCCCC1. The zero-order valence-corrected chi connectivity index (χ0v) is 15.0. The van der Waals surface area contributed by atoms with Gasteiger partial charge in [0.2, 0.25) is 0 Å². The zero-order valence-electron chi connectivity index (χ0n) is 15.0. The predicted molar refractivity (Wildman–Crippen MR) is 97.1 cm³/mol. The van der Waals surface area contributed by atoms with Gasteiger partial charge in [-0.05, 0) is 57.2 Å². The van der Waals surface area contributed by atoms with Gasteiger partial charge in [0.25, 0.3) is 0 Å². The summed E-state index contributed by atoms with van der Waals surface area (Å²) < 4.78 is 11.5. The van der Waals surface area contributed by atoms with Gasteiger partial charge in [-0.15, -0.1) is 0 Å². The van der Waals surface area contributed by atoms with Crippen molar-refractivity contribution in [1.82, 2.24) is 0 Å². The van der Waals surface area contributed by atoms with Crippen molar-refractivity contribution in [2.45, 2.75) is 71.0 Å². The smallest absolute Gasteiger partial charge is 0.338 e. The number of rotatable bonds is 7. The minimum Gasteiger partial charge on any atom is -0.459 e. The molecule has 0 saturated carbocycles. The largest absolute Gasteiger partial charge is 0.459 e. The molecular formula is C21H30O3. The number of benzene rings is 1. The summed E-state index contributed by atoms with van der Waals surface area (Å²) in [5.74, 6) is -0.266. The highest BCUT2D eigenvalue weighted by Crippen LogP contribution is 2.18. The van der Waals surface area contributed by atoms with E-state index in [-0.39, 0.29) is 18.2 Å². The molecule has 1 aliphatic carbocycles. The van der Waals surface area contributed by atoms with E-state index in [1.54, 1.807) is 12.1 Å². The Kier molecular flexibility index (Phi) is 8.03. The lowest BCUT2D eigenvalue weighted by Gasteiger charge is -2.20. The Hall–Kier alpha value is -1.61. The highest BCUT2D eigenvalue weighted by atomic mass is 16.5. The number of carbonyl (C=O) groups excluding carboxylic acids is 1. The summed E-state index contributed by atoms with van der Waals surface area (Å²) in [5, 5.41) is 0. The summed E-state index contributed by atoms with van der Waals surface area (Å²) in [6.07, 6.45) is 10.6. The van der Waals surface area contributed by atoms with Crippen LogP contribution in [0.5, 0.6) is 0 Å². The number of hydrogen-bond donors (Lipinski definition) is 0. The molecule has 0 saturated heterocycles. The highest BCUT2D eigenvalue weighted by Gasteiger charge is 2.15. The van der Waals surface area contributed by atoms with E-state index in [1.807, 2.05) is 25.1 Å². The number of allylic oxidation sites excluding steroid dienone is 1. The van der Waals surface area contributed by atoms with Crippen LogP contribution in [0.4, 0.5) is 0 Å². The average molecular weight is 330 g/mol. The fourth-order valence-corrected chi connectivity index (χ4v) is 3.05. The molecule has 0 spiro atoms. The third-order valence-electron chi connectivity index (χ3n) is 4.42. The predicted octanol–water partition coefficient (Wildman–Crippen LogP) is 5.31. The Balaban J connectivity index is 1.71. The molecule has 0 unspecified atom stereocenters. The van der Waals surface area contributed by atoms with E-state index in [4.69, 9.17) is 9.47 Å². The van der Waals surface area contributed by atoms with Gasteiger partial charge in [0.1, 0.15) is 6.10 Å². The third-order valence-corrected chi connectivity index (χ3v) is 4.42. The molecule has 3 heteroatoms. The third kappa shape index (κ3) is 6.88. The summed E-state index contributed by atoms with van der Waals surface area (Å²) >= 11 is 0. The van der Waals surface area contributed by atoms with Gasteiger partial charge in [-0.25, -0.2) is 4.79 Å². The number of carbonyl (C=O) groups is 1.